The molecule has 4 aromatic rings. The van der Waals surface area contributed by atoms with Gasteiger partial charge in [-0.25, -0.2) is 9.97 Å². The fourth-order valence-electron chi connectivity index (χ4n) is 3.85. The number of phenolic OH excluding ortho intramolecular Hbond substituents is 1. The molecule has 0 bridgehead atoms. The van der Waals surface area contributed by atoms with E-state index in [2.05, 4.69) is 15.0 Å². The van der Waals surface area contributed by atoms with Gasteiger partial charge in [-0.2, -0.15) is 0 Å². The van der Waals surface area contributed by atoms with Crippen molar-refractivity contribution in [3.05, 3.63) is 96.1 Å². The first-order valence-electron chi connectivity index (χ1n) is 9.38. The van der Waals surface area contributed by atoms with Crippen LogP contribution in [0.4, 0.5) is 0 Å². The van der Waals surface area contributed by atoms with Crippen LogP contribution in [-0.4, -0.2) is 42.0 Å². The summed E-state index contributed by atoms with van der Waals surface area (Å²) >= 11 is 0. The van der Waals surface area contributed by atoms with E-state index in [-0.39, 0.29) is 17.6 Å². The molecule has 1 unspecified atom stereocenters. The average molecular weight is 385 g/mol. The smallest absolute Gasteiger partial charge is 0.254 e. The van der Waals surface area contributed by atoms with Crippen molar-refractivity contribution >= 4 is 5.91 Å². The van der Waals surface area contributed by atoms with Gasteiger partial charge in [0.15, 0.2) is 0 Å². The highest BCUT2D eigenvalue weighted by molar-refractivity contribution is 5.94. The number of amides is 1. The molecule has 2 aromatic heterocycles. The van der Waals surface area contributed by atoms with Gasteiger partial charge >= 0.3 is 0 Å². The summed E-state index contributed by atoms with van der Waals surface area (Å²) in [5.74, 6) is 0.0805. The number of aromatic amines is 1. The first-order chi connectivity index (χ1) is 14.2. The van der Waals surface area contributed by atoms with E-state index >= 15 is 0 Å². The molecular formula is C22H19N5O2. The Bertz CT molecular complexity index is 1150. The molecular weight excluding hydrogens is 366 g/mol. The second-order valence-corrected chi connectivity index (χ2v) is 7.12. The number of phenols is 1. The molecule has 7 nitrogen and oxygen atoms in total. The summed E-state index contributed by atoms with van der Waals surface area (Å²) < 4.78 is 1.89. The zero-order valence-electron chi connectivity index (χ0n) is 15.6. The minimum Gasteiger partial charge on any atom is -0.508 e. The van der Waals surface area contributed by atoms with Crippen molar-refractivity contribution in [1.29, 1.82) is 0 Å². The zero-order valence-corrected chi connectivity index (χ0v) is 15.6. The van der Waals surface area contributed by atoms with Gasteiger partial charge in [-0.1, -0.05) is 12.1 Å². The number of rotatable bonds is 3. The minimum absolute atomic E-state index is 0.0346. The van der Waals surface area contributed by atoms with E-state index in [4.69, 9.17) is 0 Å². The molecule has 0 saturated heterocycles. The highest BCUT2D eigenvalue weighted by Crippen LogP contribution is 2.33. The Balaban J connectivity index is 1.43. The minimum atomic E-state index is -0.0914. The van der Waals surface area contributed by atoms with Gasteiger partial charge in [-0.3, -0.25) is 4.79 Å². The predicted molar refractivity (Wildman–Crippen MR) is 107 cm³/mol. The van der Waals surface area contributed by atoms with Gasteiger partial charge in [0.25, 0.3) is 5.91 Å². The number of fused-ring (bicyclic) bond motifs is 1. The lowest BCUT2D eigenvalue weighted by atomic mass is 9.90. The van der Waals surface area contributed by atoms with E-state index in [0.717, 1.165) is 22.6 Å². The van der Waals surface area contributed by atoms with Crippen LogP contribution in [-0.2, 0) is 6.54 Å². The average Bonchev–Trinajstić information content (AvgIpc) is 3.44. The normalized spacial score (nSPS) is 15.9. The number of aromatic hydroxyl groups is 1. The molecule has 1 aliphatic rings. The molecule has 7 heteroatoms. The van der Waals surface area contributed by atoms with Gasteiger partial charge in [-0.05, 0) is 42.0 Å². The Kier molecular flexibility index (Phi) is 4.13. The molecule has 0 spiro atoms. The SMILES string of the molecule is O=C(c1ccc(-n2ccnc2)cc1)N1Cc2[nH]cnc2C(c2cccc(O)c2)C1. The summed E-state index contributed by atoms with van der Waals surface area (Å²) in [7, 11) is 0. The van der Waals surface area contributed by atoms with Gasteiger partial charge < -0.3 is 19.6 Å². The predicted octanol–water partition coefficient (Wildman–Crippen LogP) is 3.09. The molecule has 5 rings (SSSR count). The lowest BCUT2D eigenvalue weighted by molar-refractivity contribution is 0.0722. The highest BCUT2D eigenvalue weighted by Gasteiger charge is 2.31. The van der Waals surface area contributed by atoms with Crippen LogP contribution < -0.4 is 0 Å². The molecule has 1 aliphatic heterocycles. The Morgan fingerprint density at radius 2 is 2.03 bits per heavy atom. The lowest BCUT2D eigenvalue weighted by Gasteiger charge is -2.32. The van der Waals surface area contributed by atoms with E-state index in [0.29, 0.717) is 18.7 Å². The van der Waals surface area contributed by atoms with Crippen molar-refractivity contribution in [1.82, 2.24) is 24.4 Å². The second kappa shape index (κ2) is 6.94. The highest BCUT2D eigenvalue weighted by atomic mass is 16.3. The monoisotopic (exact) mass is 385 g/mol. The number of aromatic nitrogens is 4. The summed E-state index contributed by atoms with van der Waals surface area (Å²) in [5.41, 5.74) is 4.37. The fraction of sp³-hybridized carbons (Fsp3) is 0.136. The van der Waals surface area contributed by atoms with Gasteiger partial charge in [0.2, 0.25) is 0 Å². The number of nitrogens with zero attached hydrogens (tertiary/aromatic N) is 4. The van der Waals surface area contributed by atoms with E-state index in [9.17, 15) is 9.90 Å². The van der Waals surface area contributed by atoms with Crippen molar-refractivity contribution < 1.29 is 9.90 Å². The molecule has 144 valence electrons. The standard InChI is InChI=1S/C22H19N5O2/c28-18-3-1-2-16(10-18)19-11-27(12-20-21(19)25-13-24-20)22(29)15-4-6-17(7-5-15)26-9-8-23-14-26/h1-10,13-14,19,28H,11-12H2,(H,24,25). The first kappa shape index (κ1) is 17.2. The number of imidazole rings is 2. The number of hydrogen-bond acceptors (Lipinski definition) is 4. The third kappa shape index (κ3) is 3.16. The molecule has 0 aliphatic carbocycles. The van der Waals surface area contributed by atoms with Crippen LogP contribution in [0.25, 0.3) is 5.69 Å². The number of carbonyl (C=O) groups excluding carboxylic acids is 1. The number of hydrogen-bond donors (Lipinski definition) is 2. The maximum Gasteiger partial charge on any atom is 0.254 e. The largest absolute Gasteiger partial charge is 0.508 e. The summed E-state index contributed by atoms with van der Waals surface area (Å²) in [6.07, 6.45) is 6.97. The molecule has 1 atom stereocenters. The third-order valence-corrected chi connectivity index (χ3v) is 5.31. The van der Waals surface area contributed by atoms with E-state index in [1.807, 2.05) is 52.1 Å². The van der Waals surface area contributed by atoms with Crippen molar-refractivity contribution in [2.75, 3.05) is 6.54 Å². The van der Waals surface area contributed by atoms with Crippen molar-refractivity contribution in [3.63, 3.8) is 0 Å². The van der Waals surface area contributed by atoms with Gasteiger partial charge in [0.1, 0.15) is 5.75 Å². The number of carbonyl (C=O) groups is 1. The number of benzene rings is 2. The van der Waals surface area contributed by atoms with Gasteiger partial charge in [0, 0.05) is 36.1 Å². The van der Waals surface area contributed by atoms with Crippen LogP contribution >= 0.6 is 0 Å². The van der Waals surface area contributed by atoms with Crippen molar-refractivity contribution in [2.24, 2.45) is 0 Å². The lowest BCUT2D eigenvalue weighted by Crippen LogP contribution is -2.38. The summed E-state index contributed by atoms with van der Waals surface area (Å²) in [4.78, 5) is 26.7. The van der Waals surface area contributed by atoms with Gasteiger partial charge in [0.05, 0.1) is 30.6 Å². The van der Waals surface area contributed by atoms with Crippen LogP contribution in [0.2, 0.25) is 0 Å². The molecule has 0 saturated carbocycles. The van der Waals surface area contributed by atoms with Gasteiger partial charge in [-0.15, -0.1) is 0 Å². The number of nitrogens with one attached hydrogen (secondary N) is 1. The summed E-state index contributed by atoms with van der Waals surface area (Å²) in [6.45, 7) is 0.982. The quantitative estimate of drug-likeness (QED) is 0.567. The Morgan fingerprint density at radius 1 is 1.17 bits per heavy atom. The third-order valence-electron chi connectivity index (χ3n) is 5.31. The topological polar surface area (TPSA) is 87.0 Å². The van der Waals surface area contributed by atoms with Crippen molar-refractivity contribution in [3.8, 4) is 11.4 Å². The van der Waals surface area contributed by atoms with E-state index in [1.165, 1.54) is 0 Å². The van der Waals surface area contributed by atoms with Crippen LogP contribution in [0.5, 0.6) is 5.75 Å². The molecule has 2 aromatic carbocycles. The fourth-order valence-corrected chi connectivity index (χ4v) is 3.85. The first-order valence-corrected chi connectivity index (χ1v) is 9.38. The van der Waals surface area contributed by atoms with Crippen molar-refractivity contribution in [2.45, 2.75) is 12.5 Å². The molecule has 1 amide bonds. The van der Waals surface area contributed by atoms with Crippen LogP contribution in [0.3, 0.4) is 0 Å². The Hall–Kier alpha value is -3.87. The van der Waals surface area contributed by atoms with Crippen LogP contribution in [0, 0.1) is 0 Å². The molecule has 3 heterocycles. The Morgan fingerprint density at radius 3 is 2.79 bits per heavy atom. The van der Waals surface area contributed by atoms with E-state index in [1.54, 1.807) is 31.0 Å². The van der Waals surface area contributed by atoms with Crippen LogP contribution in [0.15, 0.2) is 73.6 Å². The number of H-pyrrole nitrogens is 1. The molecule has 0 fully saturated rings. The summed E-state index contributed by atoms with van der Waals surface area (Å²) in [5, 5.41) is 9.88. The zero-order chi connectivity index (χ0) is 19.8. The molecule has 2 N–H and O–H groups in total. The Labute approximate surface area is 167 Å². The maximum atomic E-state index is 13.2. The molecule has 0 radical (unpaired) electrons. The molecule has 29 heavy (non-hydrogen) atoms. The summed E-state index contributed by atoms with van der Waals surface area (Å²) in [6, 6.07) is 14.6. The second-order valence-electron chi connectivity index (χ2n) is 7.12. The van der Waals surface area contributed by atoms with Crippen LogP contribution in [0.1, 0.15) is 33.2 Å². The maximum absolute atomic E-state index is 13.2. The van der Waals surface area contributed by atoms with E-state index < -0.39 is 0 Å².